The van der Waals surface area contributed by atoms with Crippen molar-refractivity contribution in [1.29, 1.82) is 0 Å². The summed E-state index contributed by atoms with van der Waals surface area (Å²) in [7, 11) is 1.51. The molecule has 1 saturated carbocycles. The number of amides is 2. The van der Waals surface area contributed by atoms with Crippen molar-refractivity contribution in [1.82, 2.24) is 4.90 Å². The van der Waals surface area contributed by atoms with E-state index in [-0.39, 0.29) is 18.4 Å². The molecule has 7 heteroatoms. The topological polar surface area (TPSA) is 93.9 Å². The summed E-state index contributed by atoms with van der Waals surface area (Å²) >= 11 is 0. The number of nitrogens with two attached hydrogens (primary N) is 1. The summed E-state index contributed by atoms with van der Waals surface area (Å²) in [5.74, 6) is 0.896. The summed E-state index contributed by atoms with van der Waals surface area (Å²) in [6, 6.07) is 34.7. The molecule has 0 aromatic heterocycles. The van der Waals surface area contributed by atoms with Gasteiger partial charge in [0.15, 0.2) is 0 Å². The van der Waals surface area contributed by atoms with Gasteiger partial charge in [-0.2, -0.15) is 0 Å². The number of carbonyl (C=O) groups excluding carboxylic acids is 2. The van der Waals surface area contributed by atoms with Crippen LogP contribution in [0.3, 0.4) is 0 Å². The van der Waals surface area contributed by atoms with Gasteiger partial charge in [0.2, 0.25) is 0 Å². The van der Waals surface area contributed by atoms with E-state index in [0.717, 1.165) is 29.4 Å². The Morgan fingerprint density at radius 1 is 0.750 bits per heavy atom. The van der Waals surface area contributed by atoms with Gasteiger partial charge in [-0.1, -0.05) is 92.4 Å². The second-order valence-electron chi connectivity index (χ2n) is 12.6. The highest BCUT2D eigenvalue weighted by molar-refractivity contribution is 6.06. The highest BCUT2D eigenvalue weighted by Gasteiger charge is 2.24. The van der Waals surface area contributed by atoms with E-state index in [1.807, 2.05) is 47.4 Å². The van der Waals surface area contributed by atoms with Crippen molar-refractivity contribution < 1.29 is 19.1 Å². The highest BCUT2D eigenvalue weighted by Crippen LogP contribution is 2.31. The van der Waals surface area contributed by atoms with Crippen LogP contribution in [0.15, 0.2) is 109 Å². The molecule has 1 aliphatic carbocycles. The predicted molar refractivity (Wildman–Crippen MR) is 192 cm³/mol. The van der Waals surface area contributed by atoms with Crippen molar-refractivity contribution in [3.63, 3.8) is 0 Å². The molecule has 0 radical (unpaired) electrons. The van der Waals surface area contributed by atoms with E-state index in [2.05, 4.69) is 35.6 Å². The minimum atomic E-state index is -0.344. The number of nitrogens with zero attached hydrogens (tertiary/aromatic N) is 1. The van der Waals surface area contributed by atoms with Gasteiger partial charge in [-0.15, -0.1) is 0 Å². The van der Waals surface area contributed by atoms with Crippen molar-refractivity contribution >= 4 is 34.0 Å². The molecule has 2 amide bonds. The summed E-state index contributed by atoms with van der Waals surface area (Å²) < 4.78 is 11.6. The molecule has 3 N–H and O–H groups in total. The van der Waals surface area contributed by atoms with Crippen molar-refractivity contribution in [3.8, 4) is 11.5 Å². The maximum Gasteiger partial charge on any atom is 0.255 e. The monoisotopic (exact) mass is 641 g/mol. The summed E-state index contributed by atoms with van der Waals surface area (Å²) in [6.07, 6.45) is 7.19. The Bertz CT molecular complexity index is 1870. The number of anilines is 2. The summed E-state index contributed by atoms with van der Waals surface area (Å²) in [4.78, 5) is 29.8. The van der Waals surface area contributed by atoms with Gasteiger partial charge < -0.3 is 25.4 Å². The number of nitrogen functional groups attached to an aromatic ring is 1. The lowest BCUT2D eigenvalue weighted by molar-refractivity contribution is 0.0707. The van der Waals surface area contributed by atoms with Crippen molar-refractivity contribution in [3.05, 3.63) is 131 Å². The fourth-order valence-corrected chi connectivity index (χ4v) is 6.48. The third-order valence-corrected chi connectivity index (χ3v) is 9.14. The molecule has 48 heavy (non-hydrogen) atoms. The molecular weight excluding hydrogens is 598 g/mol. The minimum absolute atomic E-state index is 0.0573. The van der Waals surface area contributed by atoms with Crippen LogP contribution in [0.1, 0.15) is 70.4 Å². The van der Waals surface area contributed by atoms with Crippen LogP contribution in [-0.2, 0) is 13.2 Å². The third-order valence-electron chi connectivity index (χ3n) is 9.14. The molecule has 0 unspecified atom stereocenters. The lowest BCUT2D eigenvalue weighted by Gasteiger charge is -2.28. The molecular formula is C41H43N3O4. The lowest BCUT2D eigenvalue weighted by atomic mass is 9.98. The second kappa shape index (κ2) is 15.5. The van der Waals surface area contributed by atoms with E-state index < -0.39 is 0 Å². The number of ether oxygens (including phenoxy) is 2. The molecule has 0 aliphatic heterocycles. The number of hydrogen-bond donors (Lipinski definition) is 2. The summed E-state index contributed by atoms with van der Waals surface area (Å²) in [5.41, 5.74) is 9.85. The Labute approximate surface area is 282 Å². The molecule has 246 valence electrons. The van der Waals surface area contributed by atoms with Crippen LogP contribution in [0.4, 0.5) is 11.4 Å². The maximum absolute atomic E-state index is 14.4. The average molecular weight is 642 g/mol. The molecule has 0 bridgehead atoms. The fraction of sp³-hybridized carbons (Fsp3) is 0.268. The number of carbonyl (C=O) groups is 2. The molecule has 1 aliphatic rings. The Morgan fingerprint density at radius 3 is 2.23 bits per heavy atom. The third kappa shape index (κ3) is 8.15. The number of methoxy groups -OCH3 is 1. The first-order valence-electron chi connectivity index (χ1n) is 16.8. The normalized spacial score (nSPS) is 13.4. The van der Waals surface area contributed by atoms with Crippen LogP contribution in [0.5, 0.6) is 11.5 Å². The zero-order valence-electron chi connectivity index (χ0n) is 27.5. The maximum atomic E-state index is 14.4. The number of benzene rings is 5. The van der Waals surface area contributed by atoms with E-state index >= 15 is 0 Å². The SMILES string of the molecule is COc1cc(C(=O)Nc2ccc(C(=O)N(Cc3ccc4ccccc4c3)CC3CCCCCC3)cc2OCc2ccccc2)ccc1N. The van der Waals surface area contributed by atoms with Gasteiger partial charge in [0, 0.05) is 24.2 Å². The standard InChI is InChI=1S/C41H43N3O4/c1-47-38-24-34(19-21-36(38)42)40(45)43-37-22-20-35(25-39(37)48-28-30-13-7-4-8-14-30)41(46)44(26-29-11-5-2-3-6-12-29)27-31-17-18-32-15-9-10-16-33(32)23-31/h4,7-10,13-25,29H,2-3,5-6,11-12,26-28,42H2,1H3,(H,43,45). The van der Waals surface area contributed by atoms with Crippen molar-refractivity contribution in [2.75, 3.05) is 24.7 Å². The van der Waals surface area contributed by atoms with Crippen molar-refractivity contribution in [2.45, 2.75) is 51.7 Å². The van der Waals surface area contributed by atoms with Gasteiger partial charge in [-0.3, -0.25) is 9.59 Å². The predicted octanol–water partition coefficient (Wildman–Crippen LogP) is 8.87. The van der Waals surface area contributed by atoms with Gasteiger partial charge in [-0.25, -0.2) is 0 Å². The van der Waals surface area contributed by atoms with Gasteiger partial charge in [-0.05, 0) is 83.1 Å². The quantitative estimate of drug-likeness (QED) is 0.111. The first-order valence-corrected chi connectivity index (χ1v) is 16.8. The number of rotatable bonds is 11. The van der Waals surface area contributed by atoms with Crippen LogP contribution < -0.4 is 20.5 Å². The molecule has 0 atom stereocenters. The fourth-order valence-electron chi connectivity index (χ4n) is 6.48. The second-order valence-corrected chi connectivity index (χ2v) is 12.6. The van der Waals surface area contributed by atoms with E-state index in [0.29, 0.717) is 53.0 Å². The first kappa shape index (κ1) is 32.6. The van der Waals surface area contributed by atoms with Crippen LogP contribution in [0.25, 0.3) is 10.8 Å². The van der Waals surface area contributed by atoms with Crippen LogP contribution in [-0.4, -0.2) is 30.4 Å². The molecule has 0 saturated heterocycles. The largest absolute Gasteiger partial charge is 0.495 e. The van der Waals surface area contributed by atoms with Crippen LogP contribution >= 0.6 is 0 Å². The molecule has 6 rings (SSSR count). The van der Waals surface area contributed by atoms with Gasteiger partial charge in [0.1, 0.15) is 18.1 Å². The highest BCUT2D eigenvalue weighted by atomic mass is 16.5. The lowest BCUT2D eigenvalue weighted by Crippen LogP contribution is -2.35. The van der Waals surface area contributed by atoms with Crippen LogP contribution in [0, 0.1) is 5.92 Å². The smallest absolute Gasteiger partial charge is 0.255 e. The number of hydrogen-bond acceptors (Lipinski definition) is 5. The van der Waals surface area contributed by atoms with Gasteiger partial charge in [0.05, 0.1) is 18.5 Å². The van der Waals surface area contributed by atoms with Gasteiger partial charge in [0.25, 0.3) is 11.8 Å². The van der Waals surface area contributed by atoms with E-state index in [4.69, 9.17) is 15.2 Å². The molecule has 0 heterocycles. The zero-order chi connectivity index (χ0) is 33.3. The number of fused-ring (bicyclic) bond motifs is 1. The van der Waals surface area contributed by atoms with E-state index in [1.54, 1.807) is 36.4 Å². The van der Waals surface area contributed by atoms with E-state index in [1.165, 1.54) is 38.2 Å². The molecule has 1 fully saturated rings. The Kier molecular flexibility index (Phi) is 10.6. The number of nitrogens with one attached hydrogen (secondary N) is 1. The van der Waals surface area contributed by atoms with Crippen molar-refractivity contribution in [2.24, 2.45) is 5.92 Å². The molecule has 7 nitrogen and oxygen atoms in total. The zero-order valence-corrected chi connectivity index (χ0v) is 27.5. The Hall–Kier alpha value is -5.30. The summed E-state index contributed by atoms with van der Waals surface area (Å²) in [6.45, 7) is 1.49. The van der Waals surface area contributed by atoms with E-state index in [9.17, 15) is 9.59 Å². The van der Waals surface area contributed by atoms with Gasteiger partial charge >= 0.3 is 0 Å². The Morgan fingerprint density at radius 2 is 1.46 bits per heavy atom. The molecule has 0 spiro atoms. The molecule has 5 aromatic carbocycles. The van der Waals surface area contributed by atoms with Crippen LogP contribution in [0.2, 0.25) is 0 Å². The minimum Gasteiger partial charge on any atom is -0.495 e. The molecule has 5 aromatic rings. The summed E-state index contributed by atoms with van der Waals surface area (Å²) in [5, 5.41) is 5.31. The Balaban J connectivity index is 1.30. The average Bonchev–Trinajstić information content (AvgIpc) is 3.40. The first-order chi connectivity index (χ1) is 23.5.